The lowest BCUT2D eigenvalue weighted by Crippen LogP contribution is -2.56. The highest BCUT2D eigenvalue weighted by atomic mass is 16.6. The third-order valence-corrected chi connectivity index (χ3v) is 6.26. The maximum absolute atomic E-state index is 13.6. The lowest BCUT2D eigenvalue weighted by Gasteiger charge is -2.35. The number of aromatic nitrogens is 1. The van der Waals surface area contributed by atoms with Crippen LogP contribution in [-0.2, 0) is 45.1 Å². The summed E-state index contributed by atoms with van der Waals surface area (Å²) in [6.07, 6.45) is 1.36. The van der Waals surface area contributed by atoms with Crippen LogP contribution in [-0.4, -0.2) is 54.2 Å². The number of methoxy groups -OCH3 is 2. The third-order valence-electron chi connectivity index (χ3n) is 6.26. The quantitative estimate of drug-likeness (QED) is 0.471. The molecule has 9 heteroatoms. The molecule has 0 radical (unpaired) electrons. The number of hydrogen-bond donors (Lipinski definition) is 1. The molecule has 0 saturated heterocycles. The normalized spacial score (nSPS) is 15.2. The fraction of sp³-hybridized carbons (Fsp3) is 0.286. The number of esters is 1. The minimum atomic E-state index is -1.00. The first-order valence-electron chi connectivity index (χ1n) is 11.9. The lowest BCUT2D eigenvalue weighted by molar-refractivity contribution is -0.145. The van der Waals surface area contributed by atoms with Gasteiger partial charge in [-0.25, -0.2) is 14.6 Å². The number of benzene rings is 2. The fourth-order valence-electron chi connectivity index (χ4n) is 4.34. The molecule has 1 aliphatic heterocycles. The van der Waals surface area contributed by atoms with Crippen LogP contribution in [0.2, 0.25) is 0 Å². The second-order valence-electron chi connectivity index (χ2n) is 8.62. The van der Waals surface area contributed by atoms with E-state index in [1.807, 2.05) is 54.6 Å². The van der Waals surface area contributed by atoms with Crippen molar-refractivity contribution in [1.82, 2.24) is 15.2 Å². The van der Waals surface area contributed by atoms with Crippen LogP contribution >= 0.6 is 0 Å². The molecule has 9 nitrogen and oxygen atoms in total. The molecule has 2 heterocycles. The molecule has 0 fully saturated rings. The van der Waals surface area contributed by atoms with Crippen LogP contribution in [0.5, 0.6) is 5.88 Å². The number of pyridine rings is 1. The summed E-state index contributed by atoms with van der Waals surface area (Å²) in [5.74, 6) is -0.749. The number of nitrogens with zero attached hydrogens (tertiary/aromatic N) is 2. The molecule has 4 rings (SSSR count). The molecule has 0 bridgehead atoms. The predicted molar refractivity (Wildman–Crippen MR) is 135 cm³/mol. The van der Waals surface area contributed by atoms with Gasteiger partial charge in [0.25, 0.3) is 0 Å². The summed E-state index contributed by atoms with van der Waals surface area (Å²) in [6.45, 7) is 0.291. The van der Waals surface area contributed by atoms with Crippen molar-refractivity contribution in [1.29, 1.82) is 0 Å². The van der Waals surface area contributed by atoms with Crippen LogP contribution in [0.4, 0.5) is 4.79 Å². The minimum absolute atomic E-state index is 0.0811. The molecule has 3 aromatic rings. The summed E-state index contributed by atoms with van der Waals surface area (Å²) >= 11 is 0. The summed E-state index contributed by atoms with van der Waals surface area (Å²) in [5, 5.41) is 2.78. The molecule has 37 heavy (non-hydrogen) atoms. The largest absolute Gasteiger partial charge is 0.481 e. The molecule has 0 saturated carbocycles. The molecular weight excluding hydrogens is 474 g/mol. The Kier molecular flexibility index (Phi) is 8.35. The monoisotopic (exact) mass is 503 g/mol. The Bertz CT molecular complexity index is 1250. The van der Waals surface area contributed by atoms with Gasteiger partial charge in [0.15, 0.2) is 0 Å². The van der Waals surface area contributed by atoms with E-state index in [-0.39, 0.29) is 26.0 Å². The molecule has 0 aliphatic carbocycles. The number of amides is 2. The van der Waals surface area contributed by atoms with Crippen molar-refractivity contribution in [2.24, 2.45) is 0 Å². The summed E-state index contributed by atoms with van der Waals surface area (Å²) < 4.78 is 15.8. The highest BCUT2D eigenvalue weighted by Gasteiger charge is 2.37. The molecule has 1 aliphatic rings. The number of carbonyl (C=O) groups is 3. The van der Waals surface area contributed by atoms with Gasteiger partial charge in [-0.1, -0.05) is 60.7 Å². The molecule has 2 amide bonds. The Morgan fingerprint density at radius 2 is 1.73 bits per heavy atom. The van der Waals surface area contributed by atoms with Gasteiger partial charge in [0.2, 0.25) is 11.8 Å². The zero-order chi connectivity index (χ0) is 26.2. The van der Waals surface area contributed by atoms with Crippen LogP contribution in [0.3, 0.4) is 0 Å². The summed E-state index contributed by atoms with van der Waals surface area (Å²) in [5.41, 5.74) is 3.37. The zero-order valence-corrected chi connectivity index (χ0v) is 20.8. The topological polar surface area (TPSA) is 107 Å². The molecule has 1 aromatic heterocycles. The molecular formula is C28H29N3O6. The lowest BCUT2D eigenvalue weighted by atomic mass is 9.93. The van der Waals surface area contributed by atoms with E-state index in [4.69, 9.17) is 14.2 Å². The first-order chi connectivity index (χ1) is 18.0. The van der Waals surface area contributed by atoms with E-state index in [9.17, 15) is 14.4 Å². The van der Waals surface area contributed by atoms with Crippen LogP contribution in [0, 0.1) is 0 Å². The van der Waals surface area contributed by atoms with E-state index in [1.165, 1.54) is 19.1 Å². The molecule has 2 aromatic carbocycles. The second kappa shape index (κ2) is 12.0. The van der Waals surface area contributed by atoms with E-state index in [0.717, 1.165) is 16.7 Å². The number of ether oxygens (including phenoxy) is 3. The third kappa shape index (κ3) is 6.24. The SMILES string of the molecule is COC(=O)[C@H](Cc1cccnc1OC)NC(=O)[C@@H]1Cc2ccccc2CN1C(=O)OCc1ccccc1. The van der Waals surface area contributed by atoms with Gasteiger partial charge in [0, 0.05) is 24.6 Å². The standard InChI is InChI=1S/C28H29N3O6/c1-35-26-21(13-8-14-29-26)15-23(27(33)36-2)30-25(32)24-16-20-11-6-7-12-22(20)17-31(24)28(34)37-18-19-9-4-3-5-10-19/h3-14,23-24H,15-18H2,1-2H3,(H,30,32)/t23-,24-/m0/s1. The first-order valence-corrected chi connectivity index (χ1v) is 11.9. The maximum Gasteiger partial charge on any atom is 0.411 e. The Balaban J connectivity index is 1.54. The predicted octanol–water partition coefficient (Wildman–Crippen LogP) is 3.05. The Morgan fingerprint density at radius 3 is 2.46 bits per heavy atom. The number of fused-ring (bicyclic) bond motifs is 1. The van der Waals surface area contributed by atoms with Crippen molar-refractivity contribution < 1.29 is 28.6 Å². The molecule has 0 unspecified atom stereocenters. The first kappa shape index (κ1) is 25.7. The number of carbonyl (C=O) groups excluding carboxylic acids is 3. The van der Waals surface area contributed by atoms with E-state index in [1.54, 1.807) is 18.3 Å². The van der Waals surface area contributed by atoms with Crippen molar-refractivity contribution in [3.8, 4) is 5.88 Å². The van der Waals surface area contributed by atoms with Gasteiger partial charge in [-0.3, -0.25) is 9.69 Å². The van der Waals surface area contributed by atoms with E-state index >= 15 is 0 Å². The summed E-state index contributed by atoms with van der Waals surface area (Å²) in [4.78, 5) is 44.9. The van der Waals surface area contributed by atoms with E-state index < -0.39 is 30.1 Å². The van der Waals surface area contributed by atoms with Crippen LogP contribution < -0.4 is 10.1 Å². The molecule has 192 valence electrons. The Labute approximate surface area is 215 Å². The smallest absolute Gasteiger partial charge is 0.411 e. The molecule has 0 spiro atoms. The second-order valence-corrected chi connectivity index (χ2v) is 8.62. The van der Waals surface area contributed by atoms with E-state index in [0.29, 0.717) is 11.4 Å². The van der Waals surface area contributed by atoms with Crippen molar-refractivity contribution >= 4 is 18.0 Å². The highest BCUT2D eigenvalue weighted by molar-refractivity contribution is 5.90. The Hall–Kier alpha value is -4.40. The average Bonchev–Trinajstić information content (AvgIpc) is 2.95. The van der Waals surface area contributed by atoms with Crippen molar-refractivity contribution in [2.45, 2.75) is 38.1 Å². The van der Waals surface area contributed by atoms with Gasteiger partial charge in [-0.05, 0) is 22.8 Å². The number of nitrogens with one attached hydrogen (secondary N) is 1. The average molecular weight is 504 g/mol. The van der Waals surface area contributed by atoms with Gasteiger partial charge < -0.3 is 19.5 Å². The van der Waals surface area contributed by atoms with Gasteiger partial charge >= 0.3 is 12.1 Å². The van der Waals surface area contributed by atoms with Gasteiger partial charge in [-0.15, -0.1) is 0 Å². The number of rotatable bonds is 8. The fourth-order valence-corrected chi connectivity index (χ4v) is 4.34. The molecule has 2 atom stereocenters. The van der Waals surface area contributed by atoms with Crippen molar-refractivity contribution in [3.05, 3.63) is 95.2 Å². The Morgan fingerprint density at radius 1 is 1.00 bits per heavy atom. The summed E-state index contributed by atoms with van der Waals surface area (Å²) in [6, 6.07) is 18.6. The van der Waals surface area contributed by atoms with Gasteiger partial charge in [0.1, 0.15) is 18.7 Å². The van der Waals surface area contributed by atoms with Crippen LogP contribution in [0.25, 0.3) is 0 Å². The minimum Gasteiger partial charge on any atom is -0.481 e. The highest BCUT2D eigenvalue weighted by Crippen LogP contribution is 2.25. The summed E-state index contributed by atoms with van der Waals surface area (Å²) in [7, 11) is 2.74. The zero-order valence-electron chi connectivity index (χ0n) is 20.8. The van der Waals surface area contributed by atoms with Crippen LogP contribution in [0.1, 0.15) is 22.3 Å². The number of hydrogen-bond acceptors (Lipinski definition) is 7. The van der Waals surface area contributed by atoms with Crippen molar-refractivity contribution in [3.63, 3.8) is 0 Å². The van der Waals surface area contributed by atoms with E-state index in [2.05, 4.69) is 10.3 Å². The molecule has 1 N–H and O–H groups in total. The van der Waals surface area contributed by atoms with Crippen molar-refractivity contribution in [2.75, 3.05) is 14.2 Å². The van der Waals surface area contributed by atoms with Crippen LogP contribution in [0.15, 0.2) is 72.9 Å². The van der Waals surface area contributed by atoms with Gasteiger partial charge in [-0.2, -0.15) is 0 Å². The maximum atomic E-state index is 13.6. The van der Waals surface area contributed by atoms with Gasteiger partial charge in [0.05, 0.1) is 20.8 Å².